The van der Waals surface area contributed by atoms with Crippen molar-refractivity contribution in [2.24, 2.45) is 5.92 Å². The first kappa shape index (κ1) is 23.5. The summed E-state index contributed by atoms with van der Waals surface area (Å²) in [6.45, 7) is 5.78. The minimum atomic E-state index is 0. The van der Waals surface area contributed by atoms with Crippen LogP contribution in [0.2, 0.25) is 0 Å². The van der Waals surface area contributed by atoms with E-state index in [4.69, 9.17) is 10.00 Å². The van der Waals surface area contributed by atoms with Crippen LogP contribution in [0.4, 0.5) is 11.6 Å². The Hall–Kier alpha value is -3.15. The molecule has 0 spiro atoms. The molecule has 8 nitrogen and oxygen atoms in total. The third kappa shape index (κ3) is 5.55. The number of benzene rings is 1. The standard InChI is InChI=1S/C23H27N7O.ClH/c1-3-30-8-6-16(7-9-30)10-17-4-5-19(21(11-17)31-2)20-12-22(29-28-20)27-23-15-25-18(13-24)14-26-23;/h4-5,11-12,14-16H,3,6-10H2,1-2H3,(H2,26,27,28,29);1H. The second-order valence-electron chi connectivity index (χ2n) is 7.81. The van der Waals surface area contributed by atoms with Gasteiger partial charge >= 0.3 is 0 Å². The normalized spacial score (nSPS) is 14.4. The molecular weight excluding hydrogens is 426 g/mol. The van der Waals surface area contributed by atoms with Crippen LogP contribution in [0.25, 0.3) is 11.3 Å². The van der Waals surface area contributed by atoms with Crippen molar-refractivity contribution in [3.8, 4) is 23.1 Å². The van der Waals surface area contributed by atoms with Gasteiger partial charge in [0, 0.05) is 11.6 Å². The van der Waals surface area contributed by atoms with Crippen LogP contribution in [0.3, 0.4) is 0 Å². The highest BCUT2D eigenvalue weighted by molar-refractivity contribution is 5.85. The van der Waals surface area contributed by atoms with E-state index < -0.39 is 0 Å². The molecule has 0 unspecified atom stereocenters. The molecule has 1 aromatic carbocycles. The van der Waals surface area contributed by atoms with E-state index in [1.807, 2.05) is 12.1 Å². The average molecular weight is 454 g/mol. The van der Waals surface area contributed by atoms with Gasteiger partial charge in [-0.15, -0.1) is 12.4 Å². The van der Waals surface area contributed by atoms with Crippen molar-refractivity contribution in [3.63, 3.8) is 0 Å². The zero-order valence-electron chi connectivity index (χ0n) is 18.3. The largest absolute Gasteiger partial charge is 0.496 e. The van der Waals surface area contributed by atoms with E-state index in [9.17, 15) is 0 Å². The minimum Gasteiger partial charge on any atom is -0.496 e. The van der Waals surface area contributed by atoms with Crippen LogP contribution in [0, 0.1) is 17.2 Å². The number of ether oxygens (including phenoxy) is 1. The summed E-state index contributed by atoms with van der Waals surface area (Å²) in [4.78, 5) is 10.7. The Morgan fingerprint density at radius 3 is 2.66 bits per heavy atom. The number of aromatic amines is 1. The fraction of sp³-hybridized carbons (Fsp3) is 0.391. The Bertz CT molecular complexity index is 1050. The highest BCUT2D eigenvalue weighted by Gasteiger charge is 2.19. The first-order valence-corrected chi connectivity index (χ1v) is 10.6. The first-order chi connectivity index (χ1) is 15.2. The van der Waals surface area contributed by atoms with Crippen molar-refractivity contribution in [2.75, 3.05) is 32.1 Å². The van der Waals surface area contributed by atoms with E-state index in [0.717, 1.165) is 35.9 Å². The Morgan fingerprint density at radius 1 is 1.19 bits per heavy atom. The molecule has 2 N–H and O–H groups in total. The maximum absolute atomic E-state index is 8.83. The van der Waals surface area contributed by atoms with E-state index in [0.29, 0.717) is 11.6 Å². The van der Waals surface area contributed by atoms with Gasteiger partial charge < -0.3 is 15.0 Å². The predicted molar refractivity (Wildman–Crippen MR) is 126 cm³/mol. The summed E-state index contributed by atoms with van der Waals surface area (Å²) in [5, 5.41) is 19.3. The molecule has 4 rings (SSSR count). The number of likely N-dealkylation sites (tertiary alicyclic amines) is 1. The van der Waals surface area contributed by atoms with Crippen molar-refractivity contribution in [1.82, 2.24) is 25.1 Å². The van der Waals surface area contributed by atoms with Gasteiger partial charge in [-0.05, 0) is 62.5 Å². The maximum atomic E-state index is 8.83. The number of anilines is 2. The van der Waals surface area contributed by atoms with E-state index in [2.05, 4.69) is 55.5 Å². The van der Waals surface area contributed by atoms with Crippen LogP contribution < -0.4 is 10.1 Å². The van der Waals surface area contributed by atoms with Crippen LogP contribution in [0.5, 0.6) is 5.75 Å². The molecule has 1 fully saturated rings. The molecule has 0 bridgehead atoms. The van der Waals surface area contributed by atoms with E-state index in [1.165, 1.54) is 43.9 Å². The highest BCUT2D eigenvalue weighted by atomic mass is 35.5. The van der Waals surface area contributed by atoms with Crippen LogP contribution in [0.1, 0.15) is 31.0 Å². The van der Waals surface area contributed by atoms with Crippen molar-refractivity contribution in [2.45, 2.75) is 26.2 Å². The summed E-state index contributed by atoms with van der Waals surface area (Å²) < 4.78 is 5.69. The Kier molecular flexibility index (Phi) is 8.03. The molecule has 0 radical (unpaired) electrons. The van der Waals surface area contributed by atoms with Crippen LogP contribution in [-0.2, 0) is 6.42 Å². The zero-order valence-corrected chi connectivity index (χ0v) is 19.2. The quantitative estimate of drug-likeness (QED) is 0.552. The first-order valence-electron chi connectivity index (χ1n) is 10.6. The van der Waals surface area contributed by atoms with Gasteiger partial charge in [0.15, 0.2) is 11.5 Å². The summed E-state index contributed by atoms with van der Waals surface area (Å²) in [5.74, 6) is 2.70. The molecule has 2 aromatic heterocycles. The number of methoxy groups -OCH3 is 1. The van der Waals surface area contributed by atoms with E-state index in [-0.39, 0.29) is 18.1 Å². The van der Waals surface area contributed by atoms with Gasteiger partial charge in [0.05, 0.1) is 25.2 Å². The summed E-state index contributed by atoms with van der Waals surface area (Å²) in [5.41, 5.74) is 3.39. The molecule has 3 heterocycles. The molecule has 0 saturated carbocycles. The number of nitrogens with zero attached hydrogens (tertiary/aromatic N) is 5. The lowest BCUT2D eigenvalue weighted by Gasteiger charge is -2.31. The van der Waals surface area contributed by atoms with Gasteiger partial charge in [-0.1, -0.05) is 13.0 Å². The number of aromatic nitrogens is 4. The van der Waals surface area contributed by atoms with Gasteiger partial charge in [-0.25, -0.2) is 9.97 Å². The number of halogens is 1. The van der Waals surface area contributed by atoms with Crippen molar-refractivity contribution in [3.05, 3.63) is 47.9 Å². The second-order valence-corrected chi connectivity index (χ2v) is 7.81. The van der Waals surface area contributed by atoms with Gasteiger partial charge in [0.1, 0.15) is 17.6 Å². The molecule has 1 saturated heterocycles. The number of hydrogen-bond acceptors (Lipinski definition) is 7. The third-order valence-electron chi connectivity index (χ3n) is 5.84. The molecule has 1 aliphatic heterocycles. The topological polar surface area (TPSA) is 103 Å². The van der Waals surface area contributed by atoms with Gasteiger partial charge in [0.25, 0.3) is 0 Å². The van der Waals surface area contributed by atoms with Gasteiger partial charge in [0.2, 0.25) is 0 Å². The number of nitrogens with one attached hydrogen (secondary N) is 2. The molecule has 168 valence electrons. The molecule has 1 aliphatic rings. The number of nitriles is 1. The number of hydrogen-bond donors (Lipinski definition) is 2. The Labute approximate surface area is 194 Å². The third-order valence-corrected chi connectivity index (χ3v) is 5.84. The molecule has 0 atom stereocenters. The fourth-order valence-electron chi connectivity index (χ4n) is 4.03. The number of piperidine rings is 1. The van der Waals surface area contributed by atoms with Crippen LogP contribution in [0.15, 0.2) is 36.7 Å². The van der Waals surface area contributed by atoms with Crippen LogP contribution >= 0.6 is 12.4 Å². The summed E-state index contributed by atoms with van der Waals surface area (Å²) in [6.07, 6.45) is 6.52. The lowest BCUT2D eigenvalue weighted by atomic mass is 9.89. The molecule has 0 amide bonds. The van der Waals surface area contributed by atoms with E-state index >= 15 is 0 Å². The Balaban J connectivity index is 0.00000289. The van der Waals surface area contributed by atoms with Crippen molar-refractivity contribution in [1.29, 1.82) is 5.26 Å². The molecule has 9 heteroatoms. The lowest BCUT2D eigenvalue weighted by molar-refractivity contribution is 0.192. The fourth-order valence-corrected chi connectivity index (χ4v) is 4.03. The molecule has 3 aromatic rings. The summed E-state index contributed by atoms with van der Waals surface area (Å²) >= 11 is 0. The predicted octanol–water partition coefficient (Wildman–Crippen LogP) is 4.19. The maximum Gasteiger partial charge on any atom is 0.158 e. The minimum absolute atomic E-state index is 0. The summed E-state index contributed by atoms with van der Waals surface area (Å²) in [6, 6.07) is 10.3. The van der Waals surface area contributed by atoms with Crippen molar-refractivity contribution < 1.29 is 4.74 Å². The number of rotatable bonds is 7. The molecular formula is C23H28ClN7O. The average Bonchev–Trinajstić information content (AvgIpc) is 3.28. The van der Waals surface area contributed by atoms with Gasteiger partial charge in [-0.3, -0.25) is 5.10 Å². The zero-order chi connectivity index (χ0) is 21.6. The smallest absolute Gasteiger partial charge is 0.158 e. The lowest BCUT2D eigenvalue weighted by Crippen LogP contribution is -2.34. The molecule has 0 aliphatic carbocycles. The van der Waals surface area contributed by atoms with E-state index in [1.54, 1.807) is 7.11 Å². The highest BCUT2D eigenvalue weighted by Crippen LogP contribution is 2.32. The Morgan fingerprint density at radius 2 is 2.00 bits per heavy atom. The monoisotopic (exact) mass is 453 g/mol. The van der Waals surface area contributed by atoms with Gasteiger partial charge in [-0.2, -0.15) is 10.4 Å². The second kappa shape index (κ2) is 10.9. The number of H-pyrrole nitrogens is 1. The SMILES string of the molecule is CCN1CCC(Cc2ccc(-c3cc(Nc4cnc(C#N)cn4)n[nH]3)c(OC)c2)CC1.Cl. The van der Waals surface area contributed by atoms with Crippen LogP contribution in [-0.4, -0.2) is 51.8 Å². The molecule has 32 heavy (non-hydrogen) atoms. The van der Waals surface area contributed by atoms with Crippen molar-refractivity contribution >= 4 is 24.0 Å². The summed E-state index contributed by atoms with van der Waals surface area (Å²) in [7, 11) is 1.70.